The van der Waals surface area contributed by atoms with E-state index in [1.807, 2.05) is 48.6 Å². The normalized spacial score (nSPS) is 30.8. The predicted octanol–water partition coefficient (Wildman–Crippen LogP) is 3.26. The van der Waals surface area contributed by atoms with E-state index in [-0.39, 0.29) is 30.3 Å². The minimum atomic E-state index is -0.977. The Morgan fingerprint density at radius 2 is 1.82 bits per heavy atom. The third kappa shape index (κ3) is 3.97. The lowest BCUT2D eigenvalue weighted by Gasteiger charge is -2.38. The van der Waals surface area contributed by atoms with E-state index in [0.29, 0.717) is 23.7 Å². The number of ether oxygens (including phenoxy) is 1. The monoisotopic (exact) mass is 550 g/mol. The van der Waals surface area contributed by atoms with Gasteiger partial charge in [-0.15, -0.1) is 11.8 Å². The zero-order chi connectivity index (χ0) is 26.4. The van der Waals surface area contributed by atoms with E-state index >= 15 is 0 Å². The number of carbonyl (C=O) groups is 3. The van der Waals surface area contributed by atoms with Gasteiger partial charge in [0.2, 0.25) is 5.91 Å². The molecular weight excluding hydrogens is 524 g/mol. The molecule has 7 nitrogen and oxygen atoms in total. The summed E-state index contributed by atoms with van der Waals surface area (Å²) in [6.07, 6.45) is 7.97. The number of carbonyl (C=O) groups excluding carboxylic acids is 3. The summed E-state index contributed by atoms with van der Waals surface area (Å²) in [5, 5.41) is 10.8. The molecule has 2 saturated heterocycles. The van der Waals surface area contributed by atoms with E-state index in [1.165, 1.54) is 11.8 Å². The summed E-state index contributed by atoms with van der Waals surface area (Å²) < 4.78 is 4.46. The second kappa shape index (κ2) is 9.91. The molecule has 6 rings (SSSR count). The number of esters is 1. The number of benzene rings is 2. The number of likely N-dealkylation sites (tertiary alicyclic amines) is 1. The Labute approximate surface area is 230 Å². The van der Waals surface area contributed by atoms with Gasteiger partial charge in [-0.05, 0) is 36.2 Å². The number of thioether (sulfide) groups is 1. The average Bonchev–Trinajstić information content (AvgIpc) is 3.23. The largest absolute Gasteiger partial charge is 0.461 e. The van der Waals surface area contributed by atoms with Crippen molar-refractivity contribution in [3.63, 3.8) is 0 Å². The molecule has 9 heteroatoms. The maximum atomic E-state index is 14.5. The summed E-state index contributed by atoms with van der Waals surface area (Å²) in [5.41, 5.74) is 1.61. The lowest BCUT2D eigenvalue weighted by atomic mass is 9.78. The van der Waals surface area contributed by atoms with E-state index in [0.717, 1.165) is 5.56 Å². The minimum absolute atomic E-state index is 0.167. The van der Waals surface area contributed by atoms with Gasteiger partial charge in [-0.3, -0.25) is 14.4 Å². The number of nitrogens with zero attached hydrogens (tertiary/aromatic N) is 2. The van der Waals surface area contributed by atoms with Crippen molar-refractivity contribution in [1.29, 1.82) is 0 Å². The first-order chi connectivity index (χ1) is 18.4. The molecule has 196 valence electrons. The molecule has 1 spiro atoms. The van der Waals surface area contributed by atoms with Crippen LogP contribution in [0.5, 0.6) is 0 Å². The first kappa shape index (κ1) is 25.2. The Kier molecular flexibility index (Phi) is 6.58. The summed E-state index contributed by atoms with van der Waals surface area (Å²) in [4.78, 5) is 45.2. The van der Waals surface area contributed by atoms with Crippen LogP contribution in [0.4, 0.5) is 5.69 Å². The maximum absolute atomic E-state index is 14.5. The number of aliphatic hydroxyl groups excluding tert-OH is 1. The van der Waals surface area contributed by atoms with E-state index in [2.05, 4.69) is 0 Å². The number of fused-ring (bicyclic) bond motifs is 2. The van der Waals surface area contributed by atoms with Gasteiger partial charge in [0.25, 0.3) is 5.91 Å². The molecule has 2 aromatic carbocycles. The zero-order valence-electron chi connectivity index (χ0n) is 20.5. The standard InChI is InChI=1S/C29H27ClN2O5S/c30-19-9-11-20(12-10-19)31-14-5-13-29-24(23-22(38-29)8-4-15-37-28(23)36)26(34)32(25(29)27(31)35)21(17-33)16-18-6-2-1-3-7-18/h1-13,21-25,33H,14-17H2/t21-,22+,23-,24+,25?,29+/m1/s1. The molecule has 4 aliphatic heterocycles. The van der Waals surface area contributed by atoms with Crippen LogP contribution in [0.15, 0.2) is 78.9 Å². The van der Waals surface area contributed by atoms with Crippen molar-refractivity contribution in [1.82, 2.24) is 4.90 Å². The molecule has 0 aliphatic carbocycles. The number of aliphatic hydroxyl groups is 1. The predicted molar refractivity (Wildman–Crippen MR) is 146 cm³/mol. The highest BCUT2D eigenvalue weighted by Gasteiger charge is 2.71. The summed E-state index contributed by atoms with van der Waals surface area (Å²) in [5.74, 6) is -2.47. The molecule has 38 heavy (non-hydrogen) atoms. The van der Waals surface area contributed by atoms with E-state index in [1.54, 1.807) is 40.1 Å². The van der Waals surface area contributed by atoms with Crippen molar-refractivity contribution in [3.05, 3.63) is 89.5 Å². The van der Waals surface area contributed by atoms with Gasteiger partial charge in [-0.1, -0.05) is 66.2 Å². The molecule has 2 amide bonds. The molecule has 2 aromatic rings. The van der Waals surface area contributed by atoms with Crippen LogP contribution in [0.2, 0.25) is 5.02 Å². The van der Waals surface area contributed by atoms with Gasteiger partial charge in [0, 0.05) is 22.5 Å². The molecule has 4 heterocycles. The lowest BCUT2D eigenvalue weighted by Crippen LogP contribution is -2.57. The Morgan fingerprint density at radius 1 is 1.05 bits per heavy atom. The van der Waals surface area contributed by atoms with Crippen molar-refractivity contribution >= 4 is 46.8 Å². The zero-order valence-corrected chi connectivity index (χ0v) is 22.1. The fraction of sp³-hybridized carbons (Fsp3) is 0.345. The molecule has 0 bridgehead atoms. The highest BCUT2D eigenvalue weighted by Crippen LogP contribution is 2.61. The molecule has 4 aliphatic rings. The van der Waals surface area contributed by atoms with Gasteiger partial charge < -0.3 is 19.6 Å². The number of hydrogen-bond donors (Lipinski definition) is 1. The van der Waals surface area contributed by atoms with E-state index in [4.69, 9.17) is 16.3 Å². The number of cyclic esters (lactones) is 1. The Morgan fingerprint density at radius 3 is 2.55 bits per heavy atom. The van der Waals surface area contributed by atoms with Crippen LogP contribution < -0.4 is 4.90 Å². The topological polar surface area (TPSA) is 87.2 Å². The quantitative estimate of drug-likeness (QED) is 0.454. The van der Waals surface area contributed by atoms with Gasteiger partial charge in [0.15, 0.2) is 0 Å². The molecular formula is C29H27ClN2O5S. The maximum Gasteiger partial charge on any atom is 0.311 e. The third-order valence-electron chi connectivity index (χ3n) is 7.91. The second-order valence-electron chi connectivity index (χ2n) is 10.00. The number of anilines is 1. The fourth-order valence-corrected chi connectivity index (χ4v) is 8.41. The summed E-state index contributed by atoms with van der Waals surface area (Å²) in [7, 11) is 0. The molecule has 0 saturated carbocycles. The van der Waals surface area contributed by atoms with Crippen LogP contribution in [0.25, 0.3) is 0 Å². The summed E-state index contributed by atoms with van der Waals surface area (Å²) >= 11 is 7.59. The molecule has 2 fully saturated rings. The van der Waals surface area contributed by atoms with Gasteiger partial charge in [-0.25, -0.2) is 0 Å². The fourth-order valence-electron chi connectivity index (χ4n) is 6.29. The summed E-state index contributed by atoms with van der Waals surface area (Å²) in [6, 6.07) is 15.1. The van der Waals surface area contributed by atoms with Gasteiger partial charge >= 0.3 is 5.97 Å². The lowest BCUT2D eigenvalue weighted by molar-refractivity contribution is -0.152. The molecule has 1 unspecified atom stereocenters. The van der Waals surface area contributed by atoms with E-state index in [9.17, 15) is 19.5 Å². The van der Waals surface area contributed by atoms with Crippen molar-refractivity contribution in [2.24, 2.45) is 11.8 Å². The Balaban J connectivity index is 1.47. The minimum Gasteiger partial charge on any atom is -0.461 e. The van der Waals surface area contributed by atoms with Crippen molar-refractivity contribution < 1.29 is 24.2 Å². The van der Waals surface area contributed by atoms with Crippen molar-refractivity contribution in [2.75, 3.05) is 24.7 Å². The van der Waals surface area contributed by atoms with Crippen LogP contribution >= 0.6 is 23.4 Å². The smallest absolute Gasteiger partial charge is 0.311 e. The third-order valence-corrected chi connectivity index (χ3v) is 9.90. The molecule has 6 atom stereocenters. The Bertz CT molecular complexity index is 1320. The Hall–Kier alpha value is -3.07. The van der Waals surface area contributed by atoms with Crippen LogP contribution in [-0.4, -0.2) is 69.6 Å². The molecule has 0 radical (unpaired) electrons. The van der Waals surface area contributed by atoms with Crippen LogP contribution in [0.3, 0.4) is 0 Å². The second-order valence-corrected chi connectivity index (χ2v) is 11.9. The summed E-state index contributed by atoms with van der Waals surface area (Å²) in [6.45, 7) is 0.160. The van der Waals surface area contributed by atoms with Crippen LogP contribution in [-0.2, 0) is 25.5 Å². The average molecular weight is 551 g/mol. The van der Waals surface area contributed by atoms with Gasteiger partial charge in [0.05, 0.1) is 29.2 Å². The SMILES string of the molecule is O=C1OCC=C[C@@H]2S[C@]34C=CCN(c5ccc(Cl)cc5)C(=O)C3N([C@@H](CO)Cc3ccccc3)C(=O)[C@@H]4[C@H]12. The number of rotatable bonds is 5. The van der Waals surface area contributed by atoms with Crippen molar-refractivity contribution in [3.8, 4) is 0 Å². The highest BCUT2D eigenvalue weighted by atomic mass is 35.5. The molecule has 1 N–H and O–H groups in total. The van der Waals surface area contributed by atoms with Gasteiger partial charge in [0.1, 0.15) is 12.6 Å². The van der Waals surface area contributed by atoms with Crippen LogP contribution in [0, 0.1) is 11.8 Å². The number of halogens is 1. The number of hydrogen-bond acceptors (Lipinski definition) is 6. The van der Waals surface area contributed by atoms with Gasteiger partial charge in [-0.2, -0.15) is 0 Å². The number of amides is 2. The van der Waals surface area contributed by atoms with Crippen molar-refractivity contribution in [2.45, 2.75) is 28.5 Å². The highest BCUT2D eigenvalue weighted by molar-refractivity contribution is 8.02. The molecule has 0 aromatic heterocycles. The first-order valence-corrected chi connectivity index (χ1v) is 13.9. The first-order valence-electron chi connectivity index (χ1n) is 12.7. The van der Waals surface area contributed by atoms with E-state index < -0.39 is 34.6 Å². The van der Waals surface area contributed by atoms with Crippen LogP contribution in [0.1, 0.15) is 5.56 Å².